The summed E-state index contributed by atoms with van der Waals surface area (Å²) >= 11 is 3.36. The Kier molecular flexibility index (Phi) is 5.16. The molecule has 0 fully saturated rings. The zero-order valence-corrected chi connectivity index (χ0v) is 13.3. The summed E-state index contributed by atoms with van der Waals surface area (Å²) in [6.45, 7) is 1.81. The minimum Gasteiger partial charge on any atom is -0.493 e. The number of para-hydroxylation sites is 2. The average Bonchev–Trinajstić information content (AvgIpc) is 2.49. The molecule has 1 aromatic heterocycles. The van der Waals surface area contributed by atoms with Crippen LogP contribution >= 0.6 is 15.9 Å². The maximum Gasteiger partial charge on any atom is 0.263 e. The molecule has 110 valence electrons. The van der Waals surface area contributed by atoms with Crippen molar-refractivity contribution in [3.05, 3.63) is 46.6 Å². The highest BCUT2D eigenvalue weighted by atomic mass is 79.9. The molecule has 21 heavy (non-hydrogen) atoms. The first-order valence-corrected chi connectivity index (χ1v) is 7.07. The molecule has 0 atom stereocenters. The van der Waals surface area contributed by atoms with Gasteiger partial charge in [0.05, 0.1) is 7.11 Å². The van der Waals surface area contributed by atoms with Gasteiger partial charge in [-0.3, -0.25) is 4.79 Å². The van der Waals surface area contributed by atoms with E-state index < -0.39 is 0 Å². The Hall–Kier alpha value is -2.08. The largest absolute Gasteiger partial charge is 0.493 e. The van der Waals surface area contributed by atoms with Crippen LogP contribution in [0.5, 0.6) is 11.5 Å². The highest BCUT2D eigenvalue weighted by Gasteiger charge is 2.08. The number of hydrogen-bond acceptors (Lipinski definition) is 4. The van der Waals surface area contributed by atoms with E-state index in [1.165, 1.54) is 0 Å². The third-order valence-electron chi connectivity index (χ3n) is 2.74. The van der Waals surface area contributed by atoms with Gasteiger partial charge in [-0.05, 0) is 46.6 Å². The van der Waals surface area contributed by atoms with Gasteiger partial charge in [-0.25, -0.2) is 4.98 Å². The summed E-state index contributed by atoms with van der Waals surface area (Å²) < 4.78 is 11.5. The second-order valence-electron chi connectivity index (χ2n) is 4.31. The maximum atomic E-state index is 11.9. The van der Waals surface area contributed by atoms with Crippen LogP contribution in [0, 0.1) is 6.92 Å². The van der Waals surface area contributed by atoms with Crippen molar-refractivity contribution in [1.29, 1.82) is 0 Å². The number of aryl methyl sites for hydroxylation is 1. The van der Waals surface area contributed by atoms with Crippen LogP contribution in [-0.4, -0.2) is 24.6 Å². The molecule has 0 bridgehead atoms. The Labute approximate surface area is 131 Å². The number of nitrogens with one attached hydrogen (secondary N) is 1. The molecule has 1 aromatic carbocycles. The van der Waals surface area contributed by atoms with E-state index in [0.29, 0.717) is 17.3 Å². The Bertz CT molecular complexity index is 647. The van der Waals surface area contributed by atoms with Crippen molar-refractivity contribution in [3.63, 3.8) is 0 Å². The van der Waals surface area contributed by atoms with E-state index in [1.807, 2.05) is 19.1 Å². The van der Waals surface area contributed by atoms with Crippen molar-refractivity contribution in [3.8, 4) is 11.5 Å². The molecule has 0 saturated carbocycles. The van der Waals surface area contributed by atoms with Crippen LogP contribution in [0.15, 0.2) is 41.0 Å². The Balaban J connectivity index is 1.94. The predicted molar refractivity (Wildman–Crippen MR) is 83.8 cm³/mol. The molecule has 1 amide bonds. The minimum atomic E-state index is -0.282. The zero-order chi connectivity index (χ0) is 15.2. The Morgan fingerprint density at radius 1 is 1.33 bits per heavy atom. The number of halogens is 1. The van der Waals surface area contributed by atoms with Crippen LogP contribution < -0.4 is 14.8 Å². The number of ether oxygens (including phenoxy) is 2. The molecule has 1 heterocycles. The van der Waals surface area contributed by atoms with Gasteiger partial charge in [0, 0.05) is 10.7 Å². The van der Waals surface area contributed by atoms with Gasteiger partial charge >= 0.3 is 0 Å². The van der Waals surface area contributed by atoms with Crippen LogP contribution in [0.3, 0.4) is 0 Å². The molecule has 0 saturated heterocycles. The smallest absolute Gasteiger partial charge is 0.263 e. The van der Waals surface area contributed by atoms with E-state index in [1.54, 1.807) is 31.5 Å². The second-order valence-corrected chi connectivity index (χ2v) is 5.16. The normalized spacial score (nSPS) is 10.0. The summed E-state index contributed by atoms with van der Waals surface area (Å²) in [5.74, 6) is 1.32. The molecule has 6 heteroatoms. The molecule has 5 nitrogen and oxygen atoms in total. The molecule has 1 N–H and O–H groups in total. The van der Waals surface area contributed by atoms with E-state index in [0.717, 1.165) is 10.0 Å². The maximum absolute atomic E-state index is 11.9. The molecule has 0 aliphatic heterocycles. The van der Waals surface area contributed by atoms with Crippen molar-refractivity contribution in [2.45, 2.75) is 6.92 Å². The number of aromatic nitrogens is 1. The number of amides is 1. The molecule has 0 unspecified atom stereocenters. The van der Waals surface area contributed by atoms with Crippen molar-refractivity contribution in [2.75, 3.05) is 19.0 Å². The number of hydrogen-bond donors (Lipinski definition) is 1. The fourth-order valence-electron chi connectivity index (χ4n) is 1.67. The highest BCUT2D eigenvalue weighted by molar-refractivity contribution is 9.10. The lowest BCUT2D eigenvalue weighted by molar-refractivity contribution is -0.118. The van der Waals surface area contributed by atoms with E-state index >= 15 is 0 Å². The summed E-state index contributed by atoms with van der Waals surface area (Å²) in [7, 11) is 1.55. The number of methoxy groups -OCH3 is 1. The molecule has 0 radical (unpaired) electrons. The summed E-state index contributed by atoms with van der Waals surface area (Å²) in [6, 6.07) is 8.95. The van der Waals surface area contributed by atoms with Crippen LogP contribution in [-0.2, 0) is 4.79 Å². The van der Waals surface area contributed by atoms with Crippen LogP contribution in [0.2, 0.25) is 0 Å². The topological polar surface area (TPSA) is 60.5 Å². The lowest BCUT2D eigenvalue weighted by atomic mass is 10.3. The highest BCUT2D eigenvalue weighted by Crippen LogP contribution is 2.25. The molecule has 2 rings (SSSR count). The first-order chi connectivity index (χ1) is 10.1. The summed E-state index contributed by atoms with van der Waals surface area (Å²) in [4.78, 5) is 16.0. The van der Waals surface area contributed by atoms with E-state index in [4.69, 9.17) is 9.47 Å². The van der Waals surface area contributed by atoms with E-state index in [-0.39, 0.29) is 12.5 Å². The van der Waals surface area contributed by atoms with Crippen molar-refractivity contribution < 1.29 is 14.3 Å². The van der Waals surface area contributed by atoms with Gasteiger partial charge < -0.3 is 14.8 Å². The van der Waals surface area contributed by atoms with Crippen LogP contribution in [0.1, 0.15) is 5.56 Å². The summed E-state index contributed by atoms with van der Waals surface area (Å²) in [5, 5.41) is 2.68. The number of carbonyl (C=O) groups is 1. The molecule has 0 spiro atoms. The van der Waals surface area contributed by atoms with Gasteiger partial charge in [-0.2, -0.15) is 0 Å². The quantitative estimate of drug-likeness (QED) is 0.899. The standard InChI is InChI=1S/C15H15BrN2O3/c1-10-7-14(17-8-11(10)16)18-15(19)9-21-13-6-4-3-5-12(13)20-2/h3-8H,9H2,1-2H3,(H,17,18,19). The number of nitrogens with zero attached hydrogens (tertiary/aromatic N) is 1. The number of pyridine rings is 1. The first kappa shape index (κ1) is 15.3. The third-order valence-corrected chi connectivity index (χ3v) is 3.57. The Morgan fingerprint density at radius 2 is 2.05 bits per heavy atom. The summed E-state index contributed by atoms with van der Waals surface area (Å²) in [6.07, 6.45) is 1.64. The molecule has 2 aromatic rings. The number of rotatable bonds is 5. The number of benzene rings is 1. The van der Waals surface area contributed by atoms with Crippen molar-refractivity contribution >= 4 is 27.7 Å². The molecular weight excluding hydrogens is 336 g/mol. The predicted octanol–water partition coefficient (Wildman–Crippen LogP) is 3.18. The van der Waals surface area contributed by atoms with E-state index in [2.05, 4.69) is 26.2 Å². The van der Waals surface area contributed by atoms with Crippen molar-refractivity contribution in [1.82, 2.24) is 4.98 Å². The van der Waals surface area contributed by atoms with Gasteiger partial charge in [-0.15, -0.1) is 0 Å². The average molecular weight is 351 g/mol. The fourth-order valence-corrected chi connectivity index (χ4v) is 1.88. The van der Waals surface area contributed by atoms with Crippen LogP contribution in [0.25, 0.3) is 0 Å². The number of anilines is 1. The lowest BCUT2D eigenvalue weighted by Gasteiger charge is -2.10. The zero-order valence-electron chi connectivity index (χ0n) is 11.7. The van der Waals surface area contributed by atoms with Crippen molar-refractivity contribution in [2.24, 2.45) is 0 Å². The molecular formula is C15H15BrN2O3. The minimum absolute atomic E-state index is 0.114. The van der Waals surface area contributed by atoms with Gasteiger partial charge in [-0.1, -0.05) is 12.1 Å². The van der Waals surface area contributed by atoms with E-state index in [9.17, 15) is 4.79 Å². The van der Waals surface area contributed by atoms with Gasteiger partial charge in [0.25, 0.3) is 5.91 Å². The monoisotopic (exact) mass is 350 g/mol. The lowest BCUT2D eigenvalue weighted by Crippen LogP contribution is -2.21. The third kappa shape index (κ3) is 4.19. The second kappa shape index (κ2) is 7.08. The van der Waals surface area contributed by atoms with Gasteiger partial charge in [0.1, 0.15) is 5.82 Å². The molecule has 0 aliphatic carbocycles. The fraction of sp³-hybridized carbons (Fsp3) is 0.200. The Morgan fingerprint density at radius 3 is 2.71 bits per heavy atom. The van der Waals surface area contributed by atoms with Crippen LogP contribution in [0.4, 0.5) is 5.82 Å². The summed E-state index contributed by atoms with van der Waals surface area (Å²) in [5.41, 5.74) is 0.992. The molecule has 0 aliphatic rings. The van der Waals surface area contributed by atoms with Gasteiger partial charge in [0.15, 0.2) is 18.1 Å². The van der Waals surface area contributed by atoms with Gasteiger partial charge in [0.2, 0.25) is 0 Å². The first-order valence-electron chi connectivity index (χ1n) is 6.28. The number of carbonyl (C=O) groups excluding carboxylic acids is 1. The SMILES string of the molecule is COc1ccccc1OCC(=O)Nc1cc(C)c(Br)cn1.